The molecule has 2 aromatic carbocycles. The number of hydrogen-bond donors (Lipinski definition) is 2. The van der Waals surface area contributed by atoms with Crippen LogP contribution in [0.25, 0.3) is 0 Å². The van der Waals surface area contributed by atoms with Gasteiger partial charge in [0.25, 0.3) is 5.91 Å². The molecule has 7 atom stereocenters. The number of nitrogens with one attached hydrogen (secondary N) is 1. The molecule has 5 rings (SSSR count). The van der Waals surface area contributed by atoms with Gasteiger partial charge >= 0.3 is 0 Å². The molecular weight excluding hydrogens is 610 g/mol. The lowest BCUT2D eigenvalue weighted by Gasteiger charge is -2.45. The Bertz CT molecular complexity index is 1400. The average Bonchev–Trinajstić information content (AvgIpc) is 3.20. The second-order valence-corrected chi connectivity index (χ2v) is 15.2. The van der Waals surface area contributed by atoms with Crippen molar-refractivity contribution in [3.05, 3.63) is 58.1 Å². The summed E-state index contributed by atoms with van der Waals surface area (Å²) >= 11 is 6.43. The molecule has 1 fully saturated rings. The van der Waals surface area contributed by atoms with E-state index in [0.29, 0.717) is 42.2 Å². The second kappa shape index (κ2) is 15.2. The lowest BCUT2D eigenvalue weighted by molar-refractivity contribution is 0.0978. The molecule has 2 N–H and O–H groups in total. The van der Waals surface area contributed by atoms with E-state index in [1.807, 2.05) is 25.1 Å². The fraction of sp³-hybridized carbons (Fsp3) is 0.600. The Kier molecular flexibility index (Phi) is 11.3. The Morgan fingerprint density at radius 3 is 2.69 bits per heavy atom. The Labute approximate surface area is 275 Å². The molecule has 0 radical (unpaired) electrons. The van der Waals surface area contributed by atoms with Crippen molar-refractivity contribution in [1.82, 2.24) is 4.72 Å². The molecule has 2 heterocycles. The quantitative estimate of drug-likeness (QED) is 0.151. The number of ether oxygens (including phenoxy) is 2. The first-order valence-electron chi connectivity index (χ1n) is 16.5. The number of carbonyl (C=O) groups is 1. The van der Waals surface area contributed by atoms with E-state index in [1.54, 1.807) is 13.2 Å². The highest BCUT2D eigenvalue weighted by Gasteiger charge is 2.40. The largest absolute Gasteiger partial charge is 0.491 e. The van der Waals surface area contributed by atoms with Gasteiger partial charge in [-0.05, 0) is 104 Å². The summed E-state index contributed by atoms with van der Waals surface area (Å²) < 4.78 is 27.9. The van der Waals surface area contributed by atoms with Crippen LogP contribution in [0.15, 0.2) is 41.6 Å². The van der Waals surface area contributed by atoms with E-state index in [2.05, 4.69) is 40.8 Å². The van der Waals surface area contributed by atoms with Crippen LogP contribution >= 0.6 is 11.6 Å². The number of nitrogens with zero attached hydrogens (tertiary/aromatic N) is 2. The number of fused-ring (bicyclic) bond motifs is 2. The first-order chi connectivity index (χ1) is 21.7. The minimum atomic E-state index is -1.52. The number of amides is 1. The minimum Gasteiger partial charge on any atom is -0.491 e. The van der Waals surface area contributed by atoms with Gasteiger partial charge in [0, 0.05) is 36.0 Å². The third kappa shape index (κ3) is 7.79. The van der Waals surface area contributed by atoms with Gasteiger partial charge in [-0.3, -0.25) is 9.52 Å². The Hall–Kier alpha value is -2.78. The summed E-state index contributed by atoms with van der Waals surface area (Å²) in [5.74, 6) is 2.28. The fourth-order valence-electron chi connectivity index (χ4n) is 7.43. The molecule has 1 aliphatic carbocycles. The third-order valence-electron chi connectivity index (χ3n) is 10.4. The molecule has 3 aliphatic rings. The molecule has 0 saturated heterocycles. The second-order valence-electron chi connectivity index (χ2n) is 13.2. The van der Waals surface area contributed by atoms with Crippen LogP contribution < -0.4 is 14.4 Å². The van der Waals surface area contributed by atoms with E-state index < -0.39 is 11.0 Å². The summed E-state index contributed by atoms with van der Waals surface area (Å²) in [4.78, 5) is 15.8. The number of rotatable bonds is 5. The molecule has 0 aromatic heterocycles. The highest BCUT2D eigenvalue weighted by molar-refractivity contribution is 7.84. The number of aryl methyl sites for hydroxylation is 1. The van der Waals surface area contributed by atoms with Gasteiger partial charge in [-0.2, -0.15) is 0 Å². The van der Waals surface area contributed by atoms with Gasteiger partial charge in [0.05, 0.1) is 24.7 Å². The van der Waals surface area contributed by atoms with Gasteiger partial charge in [-0.1, -0.05) is 49.5 Å². The van der Waals surface area contributed by atoms with E-state index in [9.17, 15) is 14.2 Å². The molecule has 0 spiro atoms. The number of carbonyl (C=O) groups excluding carboxylic acids is 1. The lowest BCUT2D eigenvalue weighted by Crippen LogP contribution is -2.43. The maximum atomic E-state index is 13.4. The average molecular weight is 658 g/mol. The van der Waals surface area contributed by atoms with E-state index in [-0.39, 0.29) is 23.0 Å². The van der Waals surface area contributed by atoms with Crippen molar-refractivity contribution in [2.75, 3.05) is 31.7 Å². The number of benzene rings is 2. The normalized spacial score (nSPS) is 29.4. The summed E-state index contributed by atoms with van der Waals surface area (Å²) in [6, 6.07) is 11.8. The Morgan fingerprint density at radius 1 is 1.16 bits per heavy atom. The molecular formula is C35H48ClN3O5S. The van der Waals surface area contributed by atoms with Crippen molar-refractivity contribution in [1.29, 1.82) is 0 Å². The molecule has 1 amide bonds. The lowest BCUT2D eigenvalue weighted by atomic mass is 9.64. The molecule has 2 aromatic rings. The van der Waals surface area contributed by atoms with Crippen molar-refractivity contribution in [2.24, 2.45) is 28.8 Å². The van der Waals surface area contributed by atoms with E-state index >= 15 is 0 Å². The maximum absolute atomic E-state index is 13.4. The Morgan fingerprint density at radius 2 is 1.98 bits per heavy atom. The smallest absolute Gasteiger partial charge is 0.263 e. The summed E-state index contributed by atoms with van der Waals surface area (Å²) in [5, 5.41) is 13.6. The molecule has 7 unspecified atom stereocenters. The predicted octanol–water partition coefficient (Wildman–Crippen LogP) is 7.34. The van der Waals surface area contributed by atoms with Crippen molar-refractivity contribution in [2.45, 2.75) is 83.3 Å². The number of halogens is 1. The molecule has 10 heteroatoms. The van der Waals surface area contributed by atoms with Crippen molar-refractivity contribution in [3.63, 3.8) is 0 Å². The van der Waals surface area contributed by atoms with Crippen LogP contribution in [0, 0.1) is 23.7 Å². The number of anilines is 1. The van der Waals surface area contributed by atoms with E-state index in [4.69, 9.17) is 21.1 Å². The van der Waals surface area contributed by atoms with Gasteiger partial charge in [0.1, 0.15) is 16.7 Å². The van der Waals surface area contributed by atoms with E-state index in [0.717, 1.165) is 74.5 Å². The van der Waals surface area contributed by atoms with Gasteiger partial charge < -0.3 is 19.6 Å². The highest BCUT2D eigenvalue weighted by Crippen LogP contribution is 2.46. The molecule has 1 saturated carbocycles. The first-order valence-corrected chi connectivity index (χ1v) is 18.1. The summed E-state index contributed by atoms with van der Waals surface area (Å²) in [7, 11) is 0.0416. The third-order valence-corrected chi connectivity index (χ3v) is 12.2. The maximum Gasteiger partial charge on any atom is 0.263 e. The first kappa shape index (κ1) is 33.6. The van der Waals surface area contributed by atoms with Crippen molar-refractivity contribution < 1.29 is 23.7 Å². The summed E-state index contributed by atoms with van der Waals surface area (Å²) in [5.41, 5.74) is 3.88. The molecule has 2 bridgehead atoms. The number of oxime groups is 1. The van der Waals surface area contributed by atoms with Gasteiger partial charge in [0.15, 0.2) is 0 Å². The topological polar surface area (TPSA) is 100 Å². The highest BCUT2D eigenvalue weighted by atomic mass is 35.5. The Balaban J connectivity index is 1.53. The van der Waals surface area contributed by atoms with Crippen LogP contribution in [-0.4, -0.2) is 53.3 Å². The standard InChI is InChI=1S/C35H48ClN3O5S/c1-5-7-24-16-29(36)12-14-31(24)28-20-39-19-27-10-13-30(27)25(18-34(37-41)43-4)9-6-8-22(2)23(3)45(42)38-35(40)26-11-15-33(44-21-28)32(39)17-26/h11-12,14-17,22-23,25,27-28,30,41H,5-10,13,18-21H2,1-4H3,(H,38,40)/b37-34+. The van der Waals surface area contributed by atoms with Crippen LogP contribution in [0.1, 0.15) is 93.1 Å². The van der Waals surface area contributed by atoms with Crippen LogP contribution in [0.3, 0.4) is 0 Å². The van der Waals surface area contributed by atoms with Gasteiger partial charge in [-0.25, -0.2) is 4.21 Å². The summed E-state index contributed by atoms with van der Waals surface area (Å²) in [6.07, 6.45) is 7.63. The number of hydrogen-bond acceptors (Lipinski definition) is 7. The van der Waals surface area contributed by atoms with Crippen LogP contribution in [0.2, 0.25) is 5.02 Å². The predicted molar refractivity (Wildman–Crippen MR) is 181 cm³/mol. The zero-order chi connectivity index (χ0) is 32.1. The SMILES string of the molecule is CCCc1cc(Cl)ccc1C1COc2ccc3cc2N(C1)CC1CCC1C(C/C(=N\O)OC)CCCC(C)C(C)S(=O)NC3=O. The number of methoxy groups -OCH3 is 1. The summed E-state index contributed by atoms with van der Waals surface area (Å²) in [6.45, 7) is 8.32. The van der Waals surface area contributed by atoms with Crippen LogP contribution in [0.5, 0.6) is 5.75 Å². The van der Waals surface area contributed by atoms with Crippen LogP contribution in [-0.2, 0) is 22.1 Å². The van der Waals surface area contributed by atoms with Crippen molar-refractivity contribution >= 4 is 40.1 Å². The molecule has 8 nitrogen and oxygen atoms in total. The minimum absolute atomic E-state index is 0.116. The molecule has 45 heavy (non-hydrogen) atoms. The zero-order valence-corrected chi connectivity index (χ0v) is 28.5. The van der Waals surface area contributed by atoms with Crippen LogP contribution in [0.4, 0.5) is 5.69 Å². The van der Waals surface area contributed by atoms with Gasteiger partial charge in [-0.15, -0.1) is 0 Å². The van der Waals surface area contributed by atoms with E-state index in [1.165, 1.54) is 11.1 Å². The fourth-order valence-corrected chi connectivity index (χ4v) is 8.67. The van der Waals surface area contributed by atoms with Crippen molar-refractivity contribution in [3.8, 4) is 5.75 Å². The molecule has 246 valence electrons. The monoisotopic (exact) mass is 657 g/mol. The molecule has 2 aliphatic heterocycles. The van der Waals surface area contributed by atoms with Gasteiger partial charge in [0.2, 0.25) is 5.90 Å². The zero-order valence-electron chi connectivity index (χ0n) is 27.0.